The Bertz CT molecular complexity index is 957. The smallest absolute Gasteiger partial charge is 0.233 e. The van der Waals surface area contributed by atoms with E-state index in [9.17, 15) is 14.4 Å². The lowest BCUT2D eigenvalue weighted by Crippen LogP contribution is -2.36. The summed E-state index contributed by atoms with van der Waals surface area (Å²) in [5.41, 5.74) is 3.11. The van der Waals surface area contributed by atoms with Crippen LogP contribution < -0.4 is 5.32 Å². The molecule has 1 heterocycles. The second-order valence-electron chi connectivity index (χ2n) is 8.00. The van der Waals surface area contributed by atoms with Gasteiger partial charge in [-0.15, -0.1) is 0 Å². The number of rotatable bonds is 6. The average molecular weight is 402 g/mol. The molecule has 0 saturated carbocycles. The Balaban J connectivity index is 1.46. The third kappa shape index (κ3) is 3.92. The minimum absolute atomic E-state index is 0.0968. The number of allylic oxidation sites excluding steroid dienone is 2. The Morgan fingerprint density at radius 3 is 2.20 bits per heavy atom. The number of aryl methyl sites for hydroxylation is 1. The van der Waals surface area contributed by atoms with Crippen molar-refractivity contribution in [1.82, 2.24) is 10.2 Å². The van der Waals surface area contributed by atoms with Gasteiger partial charge in [0, 0.05) is 13.0 Å². The predicted molar refractivity (Wildman–Crippen MR) is 114 cm³/mol. The number of fused-ring (bicyclic) bond motifs is 1. The molecule has 0 bridgehead atoms. The number of carbonyl (C=O) groups excluding carboxylic acids is 3. The summed E-state index contributed by atoms with van der Waals surface area (Å²) in [6, 6.07) is 17.5. The van der Waals surface area contributed by atoms with Crippen LogP contribution in [0, 0.1) is 18.8 Å². The van der Waals surface area contributed by atoms with Gasteiger partial charge in [-0.1, -0.05) is 66.7 Å². The Morgan fingerprint density at radius 2 is 1.57 bits per heavy atom. The maximum absolute atomic E-state index is 12.8. The highest BCUT2D eigenvalue weighted by Crippen LogP contribution is 2.35. The van der Waals surface area contributed by atoms with Crippen LogP contribution in [0.5, 0.6) is 0 Å². The summed E-state index contributed by atoms with van der Waals surface area (Å²) in [5, 5.41) is 3.11. The Hall–Kier alpha value is -3.21. The zero-order valence-corrected chi connectivity index (χ0v) is 17.1. The minimum atomic E-state index is -0.281. The van der Waals surface area contributed by atoms with E-state index in [1.165, 1.54) is 4.90 Å². The van der Waals surface area contributed by atoms with Crippen LogP contribution in [0.3, 0.4) is 0 Å². The molecule has 0 spiro atoms. The van der Waals surface area contributed by atoms with Crippen LogP contribution in [0.25, 0.3) is 0 Å². The van der Waals surface area contributed by atoms with Crippen molar-refractivity contribution < 1.29 is 14.4 Å². The summed E-state index contributed by atoms with van der Waals surface area (Å²) in [4.78, 5) is 39.3. The standard InChI is InChI=1S/C25H26N2O3/c1-17-9-5-6-12-19(17)23(18-10-3-2-4-11-18)26-22(28)15-16-27-24(29)20-13-7-8-14-21(20)25(27)30/h2-12,20-21,23H,13-16H2,1H3,(H,26,28)/t20-,21+,23?. The molecule has 1 N–H and O–H groups in total. The number of hydrogen-bond acceptors (Lipinski definition) is 3. The SMILES string of the molecule is Cc1ccccc1C(NC(=O)CCN1C(=O)[C@H]2CC=CC[C@H]2C1=O)c1ccccc1. The number of carbonyl (C=O) groups is 3. The second kappa shape index (κ2) is 8.66. The summed E-state index contributed by atoms with van der Waals surface area (Å²) in [5.74, 6) is -0.966. The van der Waals surface area contributed by atoms with Crippen molar-refractivity contribution in [3.05, 3.63) is 83.4 Å². The molecule has 5 nitrogen and oxygen atoms in total. The van der Waals surface area contributed by atoms with Crippen molar-refractivity contribution in [3.8, 4) is 0 Å². The van der Waals surface area contributed by atoms with Crippen LogP contribution in [0.2, 0.25) is 0 Å². The van der Waals surface area contributed by atoms with Crippen molar-refractivity contribution in [3.63, 3.8) is 0 Å². The first kappa shape index (κ1) is 20.1. The first-order valence-corrected chi connectivity index (χ1v) is 10.5. The molecule has 0 radical (unpaired) electrons. The van der Waals surface area contributed by atoms with E-state index >= 15 is 0 Å². The van der Waals surface area contributed by atoms with Crippen LogP contribution in [-0.4, -0.2) is 29.2 Å². The van der Waals surface area contributed by atoms with Crippen molar-refractivity contribution in [2.75, 3.05) is 6.54 Å². The Morgan fingerprint density at radius 1 is 0.967 bits per heavy atom. The van der Waals surface area contributed by atoms with Gasteiger partial charge >= 0.3 is 0 Å². The van der Waals surface area contributed by atoms with Crippen LogP contribution in [-0.2, 0) is 14.4 Å². The van der Waals surface area contributed by atoms with Crippen LogP contribution >= 0.6 is 0 Å². The summed E-state index contributed by atoms with van der Waals surface area (Å²) in [6.45, 7) is 2.15. The largest absolute Gasteiger partial charge is 0.345 e. The number of likely N-dealkylation sites (tertiary alicyclic amines) is 1. The molecule has 3 atom stereocenters. The number of nitrogens with one attached hydrogen (secondary N) is 1. The highest BCUT2D eigenvalue weighted by atomic mass is 16.2. The lowest BCUT2D eigenvalue weighted by molar-refractivity contribution is -0.140. The zero-order chi connectivity index (χ0) is 21.1. The van der Waals surface area contributed by atoms with Crippen molar-refractivity contribution in [2.45, 2.75) is 32.2 Å². The molecule has 2 aromatic carbocycles. The molecule has 1 aliphatic heterocycles. The molecule has 4 rings (SSSR count). The fourth-order valence-corrected chi connectivity index (χ4v) is 4.43. The van der Waals surface area contributed by atoms with Gasteiger partial charge in [0.2, 0.25) is 17.7 Å². The molecular weight excluding hydrogens is 376 g/mol. The third-order valence-corrected chi connectivity index (χ3v) is 6.10. The lowest BCUT2D eigenvalue weighted by atomic mass is 9.85. The monoisotopic (exact) mass is 402 g/mol. The Kier molecular flexibility index (Phi) is 5.79. The van der Waals surface area contributed by atoms with Gasteiger partial charge in [-0.2, -0.15) is 0 Å². The molecule has 1 saturated heterocycles. The molecule has 154 valence electrons. The molecule has 1 fully saturated rings. The maximum Gasteiger partial charge on any atom is 0.233 e. The van der Waals surface area contributed by atoms with E-state index in [1.54, 1.807) is 0 Å². The van der Waals surface area contributed by atoms with Gasteiger partial charge in [-0.05, 0) is 36.5 Å². The second-order valence-corrected chi connectivity index (χ2v) is 8.00. The van der Waals surface area contributed by atoms with Gasteiger partial charge in [-0.3, -0.25) is 19.3 Å². The highest BCUT2D eigenvalue weighted by Gasteiger charge is 2.46. The van der Waals surface area contributed by atoms with Gasteiger partial charge in [0.1, 0.15) is 0 Å². The number of nitrogens with zero attached hydrogens (tertiary/aromatic N) is 1. The number of hydrogen-bond donors (Lipinski definition) is 1. The van der Waals surface area contributed by atoms with Crippen molar-refractivity contribution in [2.24, 2.45) is 11.8 Å². The molecule has 0 aromatic heterocycles. The van der Waals surface area contributed by atoms with E-state index in [1.807, 2.05) is 73.7 Å². The highest BCUT2D eigenvalue weighted by molar-refractivity contribution is 6.05. The first-order chi connectivity index (χ1) is 14.6. The Labute approximate surface area is 176 Å². The van der Waals surface area contributed by atoms with Crippen LogP contribution in [0.4, 0.5) is 0 Å². The van der Waals surface area contributed by atoms with E-state index in [2.05, 4.69) is 5.32 Å². The number of benzene rings is 2. The average Bonchev–Trinajstić information content (AvgIpc) is 3.02. The minimum Gasteiger partial charge on any atom is -0.345 e. The predicted octanol–water partition coefficient (Wildman–Crippen LogP) is 3.54. The first-order valence-electron chi connectivity index (χ1n) is 10.5. The van der Waals surface area contributed by atoms with Crippen LogP contribution in [0.1, 0.15) is 42.0 Å². The third-order valence-electron chi connectivity index (χ3n) is 6.10. The van der Waals surface area contributed by atoms with Gasteiger partial charge in [-0.25, -0.2) is 0 Å². The van der Waals surface area contributed by atoms with E-state index < -0.39 is 0 Å². The summed E-state index contributed by atoms with van der Waals surface area (Å²) in [6.07, 6.45) is 5.26. The van der Waals surface area contributed by atoms with E-state index in [4.69, 9.17) is 0 Å². The van der Waals surface area contributed by atoms with Crippen molar-refractivity contribution >= 4 is 17.7 Å². The quantitative estimate of drug-likeness (QED) is 0.594. The molecule has 2 aliphatic rings. The number of amides is 3. The summed E-state index contributed by atoms with van der Waals surface area (Å²) < 4.78 is 0. The molecule has 30 heavy (non-hydrogen) atoms. The van der Waals surface area contributed by atoms with Gasteiger partial charge in [0.15, 0.2) is 0 Å². The molecule has 1 unspecified atom stereocenters. The summed E-state index contributed by atoms with van der Waals surface area (Å²) >= 11 is 0. The van der Waals surface area contributed by atoms with E-state index in [0.29, 0.717) is 12.8 Å². The van der Waals surface area contributed by atoms with Crippen LogP contribution in [0.15, 0.2) is 66.7 Å². The topological polar surface area (TPSA) is 66.5 Å². The molecule has 2 aromatic rings. The summed E-state index contributed by atoms with van der Waals surface area (Å²) in [7, 11) is 0. The maximum atomic E-state index is 12.8. The molecule has 5 heteroatoms. The molecule has 3 amide bonds. The van der Waals surface area contributed by atoms with Gasteiger partial charge in [0.05, 0.1) is 17.9 Å². The van der Waals surface area contributed by atoms with Gasteiger partial charge in [0.25, 0.3) is 0 Å². The van der Waals surface area contributed by atoms with Crippen molar-refractivity contribution in [1.29, 1.82) is 0 Å². The number of imide groups is 1. The fourth-order valence-electron chi connectivity index (χ4n) is 4.43. The fraction of sp³-hybridized carbons (Fsp3) is 0.320. The normalized spacial score (nSPS) is 21.4. The van der Waals surface area contributed by atoms with E-state index in [-0.39, 0.29) is 48.6 Å². The van der Waals surface area contributed by atoms with Gasteiger partial charge < -0.3 is 5.32 Å². The molecular formula is C25H26N2O3. The molecule has 1 aliphatic carbocycles. The van der Waals surface area contributed by atoms with E-state index in [0.717, 1.165) is 16.7 Å². The lowest BCUT2D eigenvalue weighted by Gasteiger charge is -2.22. The zero-order valence-electron chi connectivity index (χ0n) is 17.1.